The zero-order valence-corrected chi connectivity index (χ0v) is 17.4. The summed E-state index contributed by atoms with van der Waals surface area (Å²) in [7, 11) is 0. The molecule has 2 aromatic carbocycles. The maximum Gasteiger partial charge on any atom is 0.200 e. The standard InChI is InChI=1S/C25H31F3O/c1-3-4-15-29-23-14-13-21(24(27)25(23)28)20-11-9-18(10-12-20)7-8-19-6-5-17(2)22(26)16-19/h5-6,13-14,16,18,20H,3-4,7-12,15H2,1-2H3. The summed E-state index contributed by atoms with van der Waals surface area (Å²) in [6.07, 6.45) is 7.35. The molecule has 0 amide bonds. The second-order valence-corrected chi connectivity index (χ2v) is 8.32. The molecule has 0 saturated heterocycles. The average molecular weight is 405 g/mol. The highest BCUT2D eigenvalue weighted by atomic mass is 19.2. The molecule has 0 unspecified atom stereocenters. The lowest BCUT2D eigenvalue weighted by Gasteiger charge is -2.29. The van der Waals surface area contributed by atoms with E-state index >= 15 is 0 Å². The van der Waals surface area contributed by atoms with Crippen molar-refractivity contribution in [3.05, 3.63) is 64.5 Å². The van der Waals surface area contributed by atoms with Crippen molar-refractivity contribution in [3.63, 3.8) is 0 Å². The van der Waals surface area contributed by atoms with Crippen LogP contribution in [0.25, 0.3) is 0 Å². The molecule has 3 rings (SSSR count). The molecule has 0 radical (unpaired) electrons. The van der Waals surface area contributed by atoms with Crippen LogP contribution < -0.4 is 4.74 Å². The fraction of sp³-hybridized carbons (Fsp3) is 0.520. The van der Waals surface area contributed by atoms with E-state index in [2.05, 4.69) is 0 Å². The Morgan fingerprint density at radius 1 is 0.966 bits per heavy atom. The third-order valence-electron chi connectivity index (χ3n) is 6.20. The minimum Gasteiger partial charge on any atom is -0.490 e. The van der Waals surface area contributed by atoms with Gasteiger partial charge in [-0.1, -0.05) is 31.5 Å². The first-order chi connectivity index (χ1) is 14.0. The van der Waals surface area contributed by atoms with Gasteiger partial charge in [0.05, 0.1) is 6.61 Å². The van der Waals surface area contributed by atoms with Crippen molar-refractivity contribution in [3.8, 4) is 5.75 Å². The molecule has 0 bridgehead atoms. The van der Waals surface area contributed by atoms with Crippen LogP contribution in [0.5, 0.6) is 5.75 Å². The monoisotopic (exact) mass is 404 g/mol. The number of ether oxygens (including phenoxy) is 1. The summed E-state index contributed by atoms with van der Waals surface area (Å²) in [6, 6.07) is 8.71. The van der Waals surface area contributed by atoms with E-state index in [1.165, 1.54) is 0 Å². The van der Waals surface area contributed by atoms with Crippen molar-refractivity contribution in [2.75, 3.05) is 6.61 Å². The third-order valence-corrected chi connectivity index (χ3v) is 6.20. The van der Waals surface area contributed by atoms with Crippen LogP contribution in [0.2, 0.25) is 0 Å². The van der Waals surface area contributed by atoms with Gasteiger partial charge in [-0.15, -0.1) is 0 Å². The van der Waals surface area contributed by atoms with E-state index in [1.54, 1.807) is 25.1 Å². The predicted octanol–water partition coefficient (Wildman–Crippen LogP) is 7.50. The summed E-state index contributed by atoms with van der Waals surface area (Å²) >= 11 is 0. The van der Waals surface area contributed by atoms with E-state index in [9.17, 15) is 13.2 Å². The predicted molar refractivity (Wildman–Crippen MR) is 111 cm³/mol. The van der Waals surface area contributed by atoms with E-state index in [0.717, 1.165) is 56.9 Å². The smallest absolute Gasteiger partial charge is 0.200 e. The minimum atomic E-state index is -0.859. The van der Waals surface area contributed by atoms with Crippen molar-refractivity contribution < 1.29 is 17.9 Å². The molecule has 0 N–H and O–H groups in total. The first-order valence-electron chi connectivity index (χ1n) is 10.8. The highest BCUT2D eigenvalue weighted by Gasteiger charge is 2.26. The molecule has 1 saturated carbocycles. The molecule has 158 valence electrons. The first kappa shape index (κ1) is 21.7. The Labute approximate surface area is 172 Å². The molecule has 4 heteroatoms. The maximum atomic E-state index is 14.6. The quantitative estimate of drug-likeness (QED) is 0.414. The molecule has 1 aliphatic carbocycles. The Balaban J connectivity index is 1.53. The van der Waals surface area contributed by atoms with Gasteiger partial charge in [-0.05, 0) is 92.5 Å². The van der Waals surface area contributed by atoms with Crippen LogP contribution >= 0.6 is 0 Å². The van der Waals surface area contributed by atoms with Gasteiger partial charge < -0.3 is 4.74 Å². The second-order valence-electron chi connectivity index (χ2n) is 8.32. The highest BCUT2D eigenvalue weighted by molar-refractivity contribution is 5.33. The van der Waals surface area contributed by atoms with Crippen molar-refractivity contribution in [2.24, 2.45) is 5.92 Å². The lowest BCUT2D eigenvalue weighted by molar-refractivity contribution is 0.283. The Hall–Kier alpha value is -1.97. The molecule has 0 heterocycles. The van der Waals surface area contributed by atoms with Crippen molar-refractivity contribution in [1.29, 1.82) is 0 Å². The van der Waals surface area contributed by atoms with Crippen molar-refractivity contribution in [1.82, 2.24) is 0 Å². The number of hydrogen-bond acceptors (Lipinski definition) is 1. The molecule has 29 heavy (non-hydrogen) atoms. The molecule has 1 nitrogen and oxygen atoms in total. The van der Waals surface area contributed by atoms with E-state index in [0.29, 0.717) is 23.7 Å². The Kier molecular flexibility index (Phi) is 7.63. The average Bonchev–Trinajstić information content (AvgIpc) is 2.73. The SMILES string of the molecule is CCCCOc1ccc(C2CCC(CCc3ccc(C)c(F)c3)CC2)c(F)c1F. The summed E-state index contributed by atoms with van der Waals surface area (Å²) in [5, 5.41) is 0. The summed E-state index contributed by atoms with van der Waals surface area (Å²) in [4.78, 5) is 0. The molecule has 2 aromatic rings. The fourth-order valence-corrected chi connectivity index (χ4v) is 4.22. The topological polar surface area (TPSA) is 9.23 Å². The lowest BCUT2D eigenvalue weighted by Crippen LogP contribution is -2.15. The van der Waals surface area contributed by atoms with Crippen LogP contribution in [0.15, 0.2) is 30.3 Å². The van der Waals surface area contributed by atoms with Gasteiger partial charge in [0.1, 0.15) is 5.82 Å². The van der Waals surface area contributed by atoms with Crippen molar-refractivity contribution >= 4 is 0 Å². The molecule has 0 atom stereocenters. The van der Waals surface area contributed by atoms with E-state index < -0.39 is 11.6 Å². The summed E-state index contributed by atoms with van der Waals surface area (Å²) in [5.41, 5.74) is 2.18. The molecular weight excluding hydrogens is 373 g/mol. The Bertz CT molecular complexity index is 810. The van der Waals surface area contributed by atoms with Gasteiger partial charge in [0, 0.05) is 0 Å². The fourth-order valence-electron chi connectivity index (χ4n) is 4.22. The maximum absolute atomic E-state index is 14.6. The van der Waals surface area contributed by atoms with Gasteiger partial charge in [-0.3, -0.25) is 0 Å². The van der Waals surface area contributed by atoms with Gasteiger partial charge in [0.2, 0.25) is 5.82 Å². The van der Waals surface area contributed by atoms with Crippen molar-refractivity contribution in [2.45, 2.75) is 71.1 Å². The van der Waals surface area contributed by atoms with Gasteiger partial charge in [0.25, 0.3) is 0 Å². The van der Waals surface area contributed by atoms with Gasteiger partial charge >= 0.3 is 0 Å². The number of rotatable bonds is 8. The van der Waals surface area contributed by atoms with Gasteiger partial charge in [0.15, 0.2) is 11.6 Å². The zero-order valence-electron chi connectivity index (χ0n) is 17.4. The highest BCUT2D eigenvalue weighted by Crippen LogP contribution is 2.40. The molecular formula is C25H31F3O. The number of benzene rings is 2. The normalized spacial score (nSPS) is 19.3. The minimum absolute atomic E-state index is 0.0127. The van der Waals surface area contributed by atoms with E-state index in [4.69, 9.17) is 4.74 Å². The van der Waals surface area contributed by atoms with Crippen LogP contribution in [0.4, 0.5) is 13.2 Å². The summed E-state index contributed by atoms with van der Waals surface area (Å²) in [5.74, 6) is -1.13. The largest absolute Gasteiger partial charge is 0.490 e. The van der Waals surface area contributed by atoms with E-state index in [-0.39, 0.29) is 17.5 Å². The molecule has 0 aromatic heterocycles. The summed E-state index contributed by atoms with van der Waals surface area (Å²) < 4.78 is 48.0. The van der Waals surface area contributed by atoms with Crippen LogP contribution in [0, 0.1) is 30.3 Å². The summed E-state index contributed by atoms with van der Waals surface area (Å²) in [6.45, 7) is 4.20. The molecule has 1 fully saturated rings. The molecule has 0 spiro atoms. The second kappa shape index (κ2) is 10.2. The number of aryl methyl sites for hydroxylation is 2. The van der Waals surface area contributed by atoms with Gasteiger partial charge in [-0.25, -0.2) is 8.78 Å². The first-order valence-corrected chi connectivity index (χ1v) is 10.8. The zero-order chi connectivity index (χ0) is 20.8. The third kappa shape index (κ3) is 5.55. The number of halogens is 3. The molecule has 1 aliphatic rings. The van der Waals surface area contributed by atoms with Crippen LogP contribution in [-0.4, -0.2) is 6.61 Å². The number of hydrogen-bond donors (Lipinski definition) is 0. The lowest BCUT2D eigenvalue weighted by atomic mass is 9.76. The Morgan fingerprint density at radius 3 is 2.41 bits per heavy atom. The molecule has 0 aliphatic heterocycles. The number of unbranched alkanes of at least 4 members (excludes halogenated alkanes) is 1. The van der Waals surface area contributed by atoms with Crippen LogP contribution in [0.3, 0.4) is 0 Å². The van der Waals surface area contributed by atoms with E-state index in [1.807, 2.05) is 19.1 Å². The Morgan fingerprint density at radius 2 is 1.72 bits per heavy atom. The van der Waals surface area contributed by atoms with Crippen LogP contribution in [0.1, 0.15) is 74.5 Å². The van der Waals surface area contributed by atoms with Gasteiger partial charge in [-0.2, -0.15) is 4.39 Å². The van der Waals surface area contributed by atoms with Crippen LogP contribution in [-0.2, 0) is 6.42 Å².